The summed E-state index contributed by atoms with van der Waals surface area (Å²) in [4.78, 5) is 12.4. The summed E-state index contributed by atoms with van der Waals surface area (Å²) in [5.41, 5.74) is 2.32. The molecular weight excluding hydrogens is 368 g/mol. The molecule has 2 nitrogen and oxygen atoms in total. The second kappa shape index (κ2) is 8.12. The fourth-order valence-electron chi connectivity index (χ4n) is 3.15. The lowest BCUT2D eigenvalue weighted by Crippen LogP contribution is -2.19. The summed E-state index contributed by atoms with van der Waals surface area (Å²) in [6, 6.07) is 20.9. The van der Waals surface area contributed by atoms with Gasteiger partial charge in [-0.25, -0.2) is 8.78 Å². The molecule has 0 saturated carbocycles. The molecule has 0 N–H and O–H groups in total. The van der Waals surface area contributed by atoms with Crippen LogP contribution >= 0.6 is 0 Å². The second-order valence-electron chi connectivity index (χ2n) is 6.80. The Hall–Kier alpha value is -3.71. The van der Waals surface area contributed by atoms with E-state index >= 15 is 0 Å². The lowest BCUT2D eigenvalue weighted by molar-refractivity contribution is 0.506. The third kappa shape index (κ3) is 4.41. The zero-order chi connectivity index (χ0) is 20.2. The van der Waals surface area contributed by atoms with Gasteiger partial charge in [0.2, 0.25) is 0 Å². The Morgan fingerprint density at radius 3 is 2.41 bits per heavy atom. The molecule has 1 aromatic heterocycles. The molecule has 0 bridgehead atoms. The fourth-order valence-corrected chi connectivity index (χ4v) is 3.15. The maximum Gasteiger partial charge on any atom is 0.251 e. The molecule has 4 heteroatoms. The van der Waals surface area contributed by atoms with E-state index in [1.54, 1.807) is 6.20 Å². The monoisotopic (exact) mass is 385 g/mol. The van der Waals surface area contributed by atoms with Crippen molar-refractivity contribution in [1.82, 2.24) is 4.57 Å². The molecule has 0 fully saturated rings. The number of fused-ring (bicyclic) bond motifs is 1. The van der Waals surface area contributed by atoms with E-state index in [-0.39, 0.29) is 12.1 Å². The fraction of sp³-hybridized carbons (Fsp3) is 0.0800. The Labute approximate surface area is 167 Å². The molecule has 4 rings (SSSR count). The van der Waals surface area contributed by atoms with E-state index in [0.29, 0.717) is 12.0 Å². The molecule has 1 heterocycles. The zero-order valence-corrected chi connectivity index (χ0v) is 15.5. The average molecular weight is 385 g/mol. The first kappa shape index (κ1) is 18.6. The van der Waals surface area contributed by atoms with Crippen molar-refractivity contribution in [2.45, 2.75) is 13.0 Å². The third-order valence-corrected chi connectivity index (χ3v) is 4.65. The number of hydrogen-bond acceptors (Lipinski definition) is 1. The third-order valence-electron chi connectivity index (χ3n) is 4.65. The van der Waals surface area contributed by atoms with Crippen LogP contribution in [0.25, 0.3) is 10.8 Å². The summed E-state index contributed by atoms with van der Waals surface area (Å²) < 4.78 is 28.1. The molecule has 0 radical (unpaired) electrons. The average Bonchev–Trinajstić information content (AvgIpc) is 2.72. The Kier molecular flexibility index (Phi) is 5.22. The highest BCUT2D eigenvalue weighted by molar-refractivity contribution is 5.83. The van der Waals surface area contributed by atoms with Crippen LogP contribution in [0.15, 0.2) is 83.8 Å². The summed E-state index contributed by atoms with van der Waals surface area (Å²) >= 11 is 0. The number of rotatable bonds is 3. The van der Waals surface area contributed by atoms with Gasteiger partial charge in [0, 0.05) is 24.2 Å². The minimum atomic E-state index is -0.924. The zero-order valence-electron chi connectivity index (χ0n) is 15.5. The maximum absolute atomic E-state index is 13.5. The number of aromatic nitrogens is 1. The van der Waals surface area contributed by atoms with Crippen LogP contribution in [-0.4, -0.2) is 4.57 Å². The molecule has 142 valence electrons. The first-order chi connectivity index (χ1) is 14.1. The summed E-state index contributed by atoms with van der Waals surface area (Å²) in [7, 11) is 0. The Morgan fingerprint density at radius 2 is 1.62 bits per heavy atom. The first-order valence-electron chi connectivity index (χ1n) is 9.19. The lowest BCUT2D eigenvalue weighted by Gasteiger charge is -2.08. The van der Waals surface area contributed by atoms with Crippen molar-refractivity contribution in [3.63, 3.8) is 0 Å². The highest BCUT2D eigenvalue weighted by atomic mass is 19.2. The summed E-state index contributed by atoms with van der Waals surface area (Å²) in [6.45, 7) is 0.163. The molecule has 0 atom stereocenters. The molecule has 0 spiro atoms. The predicted octanol–water partition coefficient (Wildman–Crippen LogP) is 4.92. The number of halogens is 2. The van der Waals surface area contributed by atoms with Gasteiger partial charge in [0.15, 0.2) is 11.6 Å². The van der Waals surface area contributed by atoms with E-state index in [4.69, 9.17) is 0 Å². The molecule has 0 aliphatic rings. The summed E-state index contributed by atoms with van der Waals surface area (Å²) in [5.74, 6) is 4.49. The van der Waals surface area contributed by atoms with Gasteiger partial charge >= 0.3 is 0 Å². The Balaban J connectivity index is 1.61. The van der Waals surface area contributed by atoms with Crippen LogP contribution in [0.2, 0.25) is 0 Å². The number of benzene rings is 3. The molecule has 0 saturated heterocycles. The van der Waals surface area contributed by atoms with Gasteiger partial charge in [0.05, 0.1) is 6.54 Å². The van der Waals surface area contributed by atoms with Crippen LogP contribution < -0.4 is 5.56 Å². The Bertz CT molecular complexity index is 1300. The quantitative estimate of drug-likeness (QED) is 0.459. The number of nitrogens with zero attached hydrogens (tertiary/aromatic N) is 1. The van der Waals surface area contributed by atoms with Gasteiger partial charge in [0.1, 0.15) is 0 Å². The second-order valence-corrected chi connectivity index (χ2v) is 6.80. The van der Waals surface area contributed by atoms with E-state index in [1.165, 1.54) is 16.7 Å². The molecule has 0 unspecified atom stereocenters. The topological polar surface area (TPSA) is 22.0 Å². The largest absolute Gasteiger partial charge is 0.310 e. The minimum absolute atomic E-state index is 0.163. The van der Waals surface area contributed by atoms with Crippen LogP contribution in [0.4, 0.5) is 8.78 Å². The van der Waals surface area contributed by atoms with Crippen LogP contribution in [0.1, 0.15) is 16.7 Å². The van der Waals surface area contributed by atoms with Gasteiger partial charge in [-0.15, -0.1) is 0 Å². The SMILES string of the molecule is O=c1cc2ccc(C#CCc3ccccc3)cc2cn1Cc1ccc(F)c(F)c1. The van der Waals surface area contributed by atoms with Crippen molar-refractivity contribution >= 4 is 10.8 Å². The van der Waals surface area contributed by atoms with Crippen molar-refractivity contribution in [1.29, 1.82) is 0 Å². The van der Waals surface area contributed by atoms with Gasteiger partial charge in [-0.2, -0.15) is 0 Å². The van der Waals surface area contributed by atoms with E-state index in [1.807, 2.05) is 48.5 Å². The van der Waals surface area contributed by atoms with E-state index in [2.05, 4.69) is 11.8 Å². The summed E-state index contributed by atoms with van der Waals surface area (Å²) in [5, 5.41) is 1.67. The predicted molar refractivity (Wildman–Crippen MR) is 111 cm³/mol. The highest BCUT2D eigenvalue weighted by Crippen LogP contribution is 2.15. The Morgan fingerprint density at radius 1 is 0.793 bits per heavy atom. The van der Waals surface area contributed by atoms with Crippen LogP contribution in [0.5, 0.6) is 0 Å². The first-order valence-corrected chi connectivity index (χ1v) is 9.19. The molecule has 0 aliphatic heterocycles. The van der Waals surface area contributed by atoms with Gasteiger partial charge in [-0.3, -0.25) is 4.79 Å². The summed E-state index contributed by atoms with van der Waals surface area (Å²) in [6.07, 6.45) is 2.38. The standard InChI is InChI=1S/C25H17F2NO/c26-23-12-10-20(14-24(23)27)16-28-17-22-13-19(9-11-21(22)15-25(28)29)8-4-7-18-5-2-1-3-6-18/h1-3,5-6,9-15,17H,7,16H2. The smallest absolute Gasteiger partial charge is 0.251 e. The van der Waals surface area contributed by atoms with Crippen LogP contribution in [0.3, 0.4) is 0 Å². The normalized spacial score (nSPS) is 10.6. The molecule has 3 aromatic carbocycles. The van der Waals surface area contributed by atoms with Crippen LogP contribution in [0, 0.1) is 23.5 Å². The van der Waals surface area contributed by atoms with Crippen molar-refractivity contribution < 1.29 is 8.78 Å². The van der Waals surface area contributed by atoms with Gasteiger partial charge in [-0.05, 0) is 46.2 Å². The lowest BCUT2D eigenvalue weighted by atomic mass is 10.1. The molecular formula is C25H17F2NO. The molecule has 4 aromatic rings. The maximum atomic E-state index is 13.5. The van der Waals surface area contributed by atoms with Crippen LogP contribution in [-0.2, 0) is 13.0 Å². The highest BCUT2D eigenvalue weighted by Gasteiger charge is 2.06. The van der Waals surface area contributed by atoms with Crippen molar-refractivity contribution in [2.24, 2.45) is 0 Å². The number of pyridine rings is 1. The minimum Gasteiger partial charge on any atom is -0.310 e. The van der Waals surface area contributed by atoms with Crippen molar-refractivity contribution in [2.75, 3.05) is 0 Å². The van der Waals surface area contributed by atoms with E-state index in [0.717, 1.165) is 34.0 Å². The van der Waals surface area contributed by atoms with Crippen molar-refractivity contribution in [3.8, 4) is 11.8 Å². The van der Waals surface area contributed by atoms with E-state index < -0.39 is 11.6 Å². The van der Waals surface area contributed by atoms with Crippen molar-refractivity contribution in [3.05, 3.63) is 118 Å². The van der Waals surface area contributed by atoms with E-state index in [9.17, 15) is 13.6 Å². The van der Waals surface area contributed by atoms with Gasteiger partial charge < -0.3 is 4.57 Å². The van der Waals surface area contributed by atoms with Gasteiger partial charge in [-0.1, -0.05) is 54.3 Å². The molecule has 0 aliphatic carbocycles. The molecule has 0 amide bonds. The van der Waals surface area contributed by atoms with Gasteiger partial charge in [0.25, 0.3) is 5.56 Å². The molecule has 29 heavy (non-hydrogen) atoms. The number of hydrogen-bond donors (Lipinski definition) is 0.